The van der Waals surface area contributed by atoms with E-state index in [1.165, 1.54) is 19.3 Å². The lowest BCUT2D eigenvalue weighted by Gasteiger charge is -2.24. The number of benzene rings is 1. The lowest BCUT2D eigenvalue weighted by atomic mass is 9.88. The predicted molar refractivity (Wildman–Crippen MR) is 82.9 cm³/mol. The van der Waals surface area contributed by atoms with Crippen LogP contribution in [0.15, 0.2) is 18.2 Å². The van der Waals surface area contributed by atoms with E-state index in [2.05, 4.69) is 5.32 Å². The lowest BCUT2D eigenvalue weighted by molar-refractivity contribution is -0.127. The summed E-state index contributed by atoms with van der Waals surface area (Å²) < 4.78 is 11.2. The summed E-state index contributed by atoms with van der Waals surface area (Å²) in [6.45, 7) is 3.22. The smallest absolute Gasteiger partial charge is 0.223 e. The zero-order valence-corrected chi connectivity index (χ0v) is 13.0. The van der Waals surface area contributed by atoms with Gasteiger partial charge in [0.1, 0.15) is 13.2 Å². The molecule has 0 spiro atoms. The van der Waals surface area contributed by atoms with E-state index in [9.17, 15) is 4.79 Å². The van der Waals surface area contributed by atoms with Crippen LogP contribution < -0.4 is 14.8 Å². The highest BCUT2D eigenvalue weighted by Gasteiger charge is 2.43. The van der Waals surface area contributed by atoms with E-state index < -0.39 is 0 Å². The zero-order valence-electron chi connectivity index (χ0n) is 13.0. The molecule has 0 radical (unpaired) electrons. The molecule has 4 unspecified atom stereocenters. The van der Waals surface area contributed by atoms with Gasteiger partial charge < -0.3 is 14.8 Å². The van der Waals surface area contributed by atoms with E-state index >= 15 is 0 Å². The number of carbonyl (C=O) groups excluding carboxylic acids is 1. The van der Waals surface area contributed by atoms with Crippen molar-refractivity contribution in [1.29, 1.82) is 0 Å². The number of hydrogen-bond acceptors (Lipinski definition) is 3. The Labute approximate surface area is 131 Å². The van der Waals surface area contributed by atoms with Crippen molar-refractivity contribution in [3.05, 3.63) is 23.8 Å². The summed E-state index contributed by atoms with van der Waals surface area (Å²) in [4.78, 5) is 12.5. The maximum atomic E-state index is 12.5. The van der Waals surface area contributed by atoms with E-state index in [0.717, 1.165) is 29.4 Å². The second kappa shape index (κ2) is 5.49. The molecule has 4 heteroatoms. The summed E-state index contributed by atoms with van der Waals surface area (Å²) in [7, 11) is 0. The molecule has 0 aromatic heterocycles. The third kappa shape index (κ3) is 2.44. The number of hydrogen-bond donors (Lipinski definition) is 1. The molecule has 22 heavy (non-hydrogen) atoms. The molecule has 2 saturated carbocycles. The van der Waals surface area contributed by atoms with E-state index in [0.29, 0.717) is 19.1 Å². The Morgan fingerprint density at radius 2 is 2.00 bits per heavy atom. The Morgan fingerprint density at radius 1 is 1.18 bits per heavy atom. The van der Waals surface area contributed by atoms with Crippen LogP contribution in [0.3, 0.4) is 0 Å². The van der Waals surface area contributed by atoms with E-state index in [-0.39, 0.29) is 17.9 Å². The minimum absolute atomic E-state index is 0.00227. The van der Waals surface area contributed by atoms with Crippen molar-refractivity contribution in [2.24, 2.45) is 17.8 Å². The van der Waals surface area contributed by atoms with Gasteiger partial charge in [-0.3, -0.25) is 4.79 Å². The van der Waals surface area contributed by atoms with Gasteiger partial charge in [0.2, 0.25) is 5.91 Å². The van der Waals surface area contributed by atoms with Crippen molar-refractivity contribution in [1.82, 2.24) is 5.32 Å². The minimum Gasteiger partial charge on any atom is -0.486 e. The lowest BCUT2D eigenvalue weighted by Crippen LogP contribution is -2.35. The molecule has 1 aromatic rings. The van der Waals surface area contributed by atoms with Crippen molar-refractivity contribution in [3.63, 3.8) is 0 Å². The maximum absolute atomic E-state index is 12.5. The van der Waals surface area contributed by atoms with Crippen LogP contribution in [-0.2, 0) is 4.79 Å². The average molecular weight is 301 g/mol. The fourth-order valence-electron chi connectivity index (χ4n) is 4.30. The Morgan fingerprint density at radius 3 is 2.73 bits per heavy atom. The molecule has 1 aromatic carbocycles. The van der Waals surface area contributed by atoms with Crippen LogP contribution in [0.1, 0.15) is 44.2 Å². The second-order valence-electron chi connectivity index (χ2n) is 6.91. The van der Waals surface area contributed by atoms with Crippen molar-refractivity contribution in [3.8, 4) is 11.5 Å². The molecule has 118 valence electrons. The summed E-state index contributed by atoms with van der Waals surface area (Å²) in [6.07, 6.45) is 4.91. The molecule has 1 amide bonds. The molecule has 4 nitrogen and oxygen atoms in total. The number of amides is 1. The van der Waals surface area contributed by atoms with Gasteiger partial charge in [0.25, 0.3) is 0 Å². The van der Waals surface area contributed by atoms with Crippen LogP contribution in [0.5, 0.6) is 11.5 Å². The maximum Gasteiger partial charge on any atom is 0.223 e. The SMILES string of the molecule is CC(NC(=O)C1CC2CCC1C2)c1ccc2c(c1)OCCO2. The number of nitrogens with one attached hydrogen (secondary N) is 1. The van der Waals surface area contributed by atoms with E-state index in [1.807, 2.05) is 25.1 Å². The monoisotopic (exact) mass is 301 g/mol. The van der Waals surface area contributed by atoms with Crippen LogP contribution in [0.4, 0.5) is 0 Å². The summed E-state index contributed by atoms with van der Waals surface area (Å²) in [6, 6.07) is 5.94. The first-order chi connectivity index (χ1) is 10.7. The highest BCUT2D eigenvalue weighted by molar-refractivity contribution is 5.80. The van der Waals surface area contributed by atoms with Crippen molar-refractivity contribution in [2.75, 3.05) is 13.2 Å². The summed E-state index contributed by atoms with van der Waals surface area (Å²) in [5.74, 6) is 3.46. The van der Waals surface area contributed by atoms with Gasteiger partial charge in [-0.05, 0) is 55.7 Å². The highest BCUT2D eigenvalue weighted by Crippen LogP contribution is 2.48. The van der Waals surface area contributed by atoms with Crippen LogP contribution in [0, 0.1) is 17.8 Å². The van der Waals surface area contributed by atoms with Crippen LogP contribution in [0.2, 0.25) is 0 Å². The molecule has 2 bridgehead atoms. The molecule has 0 saturated heterocycles. The van der Waals surface area contributed by atoms with E-state index in [1.54, 1.807) is 0 Å². The van der Waals surface area contributed by atoms with Crippen molar-refractivity contribution < 1.29 is 14.3 Å². The minimum atomic E-state index is 0.00227. The normalized spacial score (nSPS) is 30.1. The molecule has 2 fully saturated rings. The van der Waals surface area contributed by atoms with Gasteiger partial charge in [-0.15, -0.1) is 0 Å². The number of rotatable bonds is 3. The van der Waals surface area contributed by atoms with Gasteiger partial charge >= 0.3 is 0 Å². The van der Waals surface area contributed by atoms with Crippen molar-refractivity contribution in [2.45, 2.75) is 38.6 Å². The number of ether oxygens (including phenoxy) is 2. The van der Waals surface area contributed by atoms with Gasteiger partial charge in [-0.2, -0.15) is 0 Å². The Hall–Kier alpha value is -1.71. The van der Waals surface area contributed by atoms with Gasteiger partial charge in [0, 0.05) is 5.92 Å². The highest BCUT2D eigenvalue weighted by atomic mass is 16.6. The standard InChI is InChI=1S/C18H23NO3/c1-11(13-4-5-16-17(10-13)22-7-6-21-16)19-18(20)15-9-12-2-3-14(15)8-12/h4-5,10-12,14-15H,2-3,6-9H2,1H3,(H,19,20). The summed E-state index contributed by atoms with van der Waals surface area (Å²) in [5, 5.41) is 3.19. The number of carbonyl (C=O) groups is 1. The van der Waals surface area contributed by atoms with Crippen LogP contribution in [-0.4, -0.2) is 19.1 Å². The third-order valence-electron chi connectivity index (χ3n) is 5.50. The topological polar surface area (TPSA) is 47.6 Å². The van der Waals surface area contributed by atoms with Gasteiger partial charge in [-0.25, -0.2) is 0 Å². The van der Waals surface area contributed by atoms with Crippen LogP contribution >= 0.6 is 0 Å². The molecule has 1 aliphatic heterocycles. The molecule has 4 rings (SSSR count). The molecular formula is C18H23NO3. The van der Waals surface area contributed by atoms with Crippen molar-refractivity contribution >= 4 is 5.91 Å². The molecule has 4 atom stereocenters. The molecular weight excluding hydrogens is 278 g/mol. The molecule has 1 N–H and O–H groups in total. The zero-order chi connectivity index (χ0) is 15.1. The van der Waals surface area contributed by atoms with Crippen LogP contribution in [0.25, 0.3) is 0 Å². The summed E-state index contributed by atoms with van der Waals surface area (Å²) >= 11 is 0. The van der Waals surface area contributed by atoms with E-state index in [4.69, 9.17) is 9.47 Å². The number of fused-ring (bicyclic) bond motifs is 3. The fourth-order valence-corrected chi connectivity index (χ4v) is 4.30. The first kappa shape index (κ1) is 13.9. The first-order valence-corrected chi connectivity index (χ1v) is 8.40. The Bertz CT molecular complexity index is 586. The Kier molecular flexibility index (Phi) is 3.47. The summed E-state index contributed by atoms with van der Waals surface area (Å²) in [5.41, 5.74) is 1.07. The predicted octanol–water partition coefficient (Wildman–Crippen LogP) is 3.07. The third-order valence-corrected chi connectivity index (χ3v) is 5.50. The van der Waals surface area contributed by atoms with Gasteiger partial charge in [-0.1, -0.05) is 12.5 Å². The fraction of sp³-hybridized carbons (Fsp3) is 0.611. The largest absolute Gasteiger partial charge is 0.486 e. The van der Waals surface area contributed by atoms with Gasteiger partial charge in [0.15, 0.2) is 11.5 Å². The second-order valence-corrected chi connectivity index (χ2v) is 6.91. The van der Waals surface area contributed by atoms with Gasteiger partial charge in [0.05, 0.1) is 6.04 Å². The molecule has 3 aliphatic rings. The first-order valence-electron chi connectivity index (χ1n) is 8.40. The molecule has 2 aliphatic carbocycles. The molecule has 1 heterocycles. The Balaban J connectivity index is 1.43. The quantitative estimate of drug-likeness (QED) is 0.933. The average Bonchev–Trinajstić information content (AvgIpc) is 3.17.